The number of rotatable bonds is 6. The molecule has 1 saturated heterocycles. The highest BCUT2D eigenvalue weighted by molar-refractivity contribution is 5.89. The van der Waals surface area contributed by atoms with E-state index >= 15 is 0 Å². The summed E-state index contributed by atoms with van der Waals surface area (Å²) in [5.74, 6) is 0. The van der Waals surface area contributed by atoms with Gasteiger partial charge in [0.2, 0.25) is 0 Å². The molecule has 0 saturated carbocycles. The molecule has 1 aromatic carbocycles. The van der Waals surface area contributed by atoms with E-state index in [-0.39, 0.29) is 41.7 Å². The average Bonchev–Trinajstić information content (AvgIpc) is 2.95. The first-order valence-electron chi connectivity index (χ1n) is 10.0. The number of benzene rings is 1. The van der Waals surface area contributed by atoms with Crippen LogP contribution in [0.4, 0.5) is 4.79 Å². The zero-order valence-corrected chi connectivity index (χ0v) is 19.8. The zero-order valence-electron chi connectivity index (χ0n) is 17.6. The molecule has 0 bridgehead atoms. The van der Waals surface area contributed by atoms with Gasteiger partial charge in [0.1, 0.15) is 0 Å². The Morgan fingerprint density at radius 2 is 1.86 bits per heavy atom. The normalized spacial score (nSPS) is 16.6. The van der Waals surface area contributed by atoms with E-state index in [2.05, 4.69) is 23.8 Å². The summed E-state index contributed by atoms with van der Waals surface area (Å²) in [6.45, 7) is 14.2. The van der Waals surface area contributed by atoms with Crippen molar-refractivity contribution in [3.63, 3.8) is 0 Å². The molecule has 2 aromatic rings. The minimum Gasteiger partial charge on any atom is -1.00 e. The van der Waals surface area contributed by atoms with E-state index in [1.54, 1.807) is 4.57 Å². The van der Waals surface area contributed by atoms with Crippen LogP contribution in [-0.2, 0) is 0 Å². The maximum Gasteiger partial charge on any atom is 0.337 e. The predicted molar refractivity (Wildman–Crippen MR) is 113 cm³/mol. The van der Waals surface area contributed by atoms with Gasteiger partial charge < -0.3 is 33.8 Å². The highest BCUT2D eigenvalue weighted by atomic mass is 127. The van der Waals surface area contributed by atoms with E-state index in [4.69, 9.17) is 0 Å². The van der Waals surface area contributed by atoms with Gasteiger partial charge in [-0.25, -0.2) is 14.2 Å². The van der Waals surface area contributed by atoms with Crippen molar-refractivity contribution >= 4 is 17.1 Å². The molecule has 1 N–H and O–H groups in total. The van der Waals surface area contributed by atoms with Gasteiger partial charge in [-0.15, -0.1) is 0 Å². The van der Waals surface area contributed by atoms with Crippen LogP contribution in [0.2, 0.25) is 0 Å². The Kier molecular flexibility index (Phi) is 8.07. The van der Waals surface area contributed by atoms with Crippen LogP contribution in [0.15, 0.2) is 41.7 Å². The van der Waals surface area contributed by atoms with Gasteiger partial charge in [-0.1, -0.05) is 18.7 Å². The molecule has 1 amide bonds. The van der Waals surface area contributed by atoms with Crippen molar-refractivity contribution in [2.24, 2.45) is 0 Å². The third kappa shape index (κ3) is 5.10. The molecule has 8 heteroatoms. The van der Waals surface area contributed by atoms with Crippen molar-refractivity contribution in [1.82, 2.24) is 19.4 Å². The first kappa shape index (κ1) is 23.6. The van der Waals surface area contributed by atoms with E-state index < -0.39 is 0 Å². The molecule has 29 heavy (non-hydrogen) atoms. The van der Waals surface area contributed by atoms with Crippen LogP contribution in [0.1, 0.15) is 19.9 Å². The summed E-state index contributed by atoms with van der Waals surface area (Å²) >= 11 is 0. The molecule has 7 nitrogen and oxygen atoms in total. The second kappa shape index (κ2) is 9.90. The smallest absolute Gasteiger partial charge is 0.337 e. The van der Waals surface area contributed by atoms with E-state index in [1.165, 1.54) is 4.57 Å². The number of para-hydroxylation sites is 2. The lowest BCUT2D eigenvalue weighted by atomic mass is 10.2. The number of nitrogens with one attached hydrogen (secondary N) is 1. The lowest BCUT2D eigenvalue weighted by molar-refractivity contribution is -0.908. The fourth-order valence-electron chi connectivity index (χ4n) is 3.97. The Hall–Kier alpha value is -1.65. The number of fused-ring (bicyclic) bond motifs is 1. The molecule has 1 aliphatic heterocycles. The number of piperazine rings is 1. The fraction of sp³-hybridized carbons (Fsp3) is 0.524. The molecular weight excluding hydrogens is 481 g/mol. The molecule has 1 fully saturated rings. The van der Waals surface area contributed by atoms with Crippen molar-refractivity contribution in [3.05, 3.63) is 47.4 Å². The fourth-order valence-corrected chi connectivity index (χ4v) is 3.97. The summed E-state index contributed by atoms with van der Waals surface area (Å²) in [7, 11) is 2.26. The van der Waals surface area contributed by atoms with Crippen molar-refractivity contribution in [3.8, 4) is 0 Å². The summed E-state index contributed by atoms with van der Waals surface area (Å²) < 4.78 is 3.94. The molecule has 0 aliphatic carbocycles. The van der Waals surface area contributed by atoms with Crippen molar-refractivity contribution in [2.75, 3.05) is 52.9 Å². The molecule has 0 atom stereocenters. The SMILES string of the molecule is C=CC[N+]1(C)CCN(CCNC(=O)n2c(=O)n(C(C)C)c3ccccc32)CC1.[I-]. The number of hydrogen-bond acceptors (Lipinski definition) is 3. The van der Waals surface area contributed by atoms with Gasteiger partial charge in [0, 0.05) is 32.2 Å². The number of carbonyl (C=O) groups is 1. The van der Waals surface area contributed by atoms with Crippen molar-refractivity contribution in [1.29, 1.82) is 0 Å². The monoisotopic (exact) mass is 513 g/mol. The molecule has 0 unspecified atom stereocenters. The average molecular weight is 513 g/mol. The number of hydrogen-bond donors (Lipinski definition) is 1. The molecule has 0 radical (unpaired) electrons. The Labute approximate surface area is 189 Å². The highest BCUT2D eigenvalue weighted by Crippen LogP contribution is 2.16. The first-order valence-corrected chi connectivity index (χ1v) is 10.0. The van der Waals surface area contributed by atoms with Crippen molar-refractivity contribution in [2.45, 2.75) is 19.9 Å². The Morgan fingerprint density at radius 3 is 2.45 bits per heavy atom. The Balaban J connectivity index is 0.00000300. The molecule has 1 aliphatic rings. The summed E-state index contributed by atoms with van der Waals surface area (Å²) in [5, 5.41) is 2.93. The van der Waals surface area contributed by atoms with E-state index in [1.807, 2.05) is 44.2 Å². The van der Waals surface area contributed by atoms with Gasteiger partial charge in [0.25, 0.3) is 0 Å². The topological polar surface area (TPSA) is 59.3 Å². The van der Waals surface area contributed by atoms with Gasteiger partial charge >= 0.3 is 11.7 Å². The van der Waals surface area contributed by atoms with Crippen LogP contribution in [0, 0.1) is 0 Å². The Bertz CT molecular complexity index is 909. The van der Waals surface area contributed by atoms with Crippen LogP contribution < -0.4 is 35.0 Å². The van der Waals surface area contributed by atoms with Gasteiger partial charge in [-0.05, 0) is 32.1 Å². The summed E-state index contributed by atoms with van der Waals surface area (Å²) in [6.07, 6.45) is 1.99. The van der Waals surface area contributed by atoms with E-state index in [9.17, 15) is 9.59 Å². The second-order valence-corrected chi connectivity index (χ2v) is 8.18. The third-order valence-corrected chi connectivity index (χ3v) is 5.69. The number of amides is 1. The number of nitrogens with zero attached hydrogens (tertiary/aromatic N) is 4. The molecule has 160 valence electrons. The molecule has 0 spiro atoms. The van der Waals surface area contributed by atoms with Gasteiger partial charge in [-0.2, -0.15) is 0 Å². The van der Waals surface area contributed by atoms with Crippen molar-refractivity contribution < 1.29 is 33.3 Å². The minimum absolute atomic E-state index is 0. The molecule has 3 rings (SSSR count). The van der Waals surface area contributed by atoms with Crippen LogP contribution in [0.3, 0.4) is 0 Å². The maximum absolute atomic E-state index is 12.8. The quantitative estimate of drug-likeness (QED) is 0.303. The number of quaternary nitrogens is 1. The van der Waals surface area contributed by atoms with E-state index in [0.29, 0.717) is 12.1 Å². The van der Waals surface area contributed by atoms with Gasteiger partial charge in [-0.3, -0.25) is 9.47 Å². The maximum atomic E-state index is 12.8. The van der Waals surface area contributed by atoms with Crippen LogP contribution in [0.25, 0.3) is 11.0 Å². The second-order valence-electron chi connectivity index (χ2n) is 8.18. The standard InChI is InChI=1S/C21H31N5O2.HI/c1-5-14-26(4)15-12-23(13-16-26)11-10-22-20(27)25-19-9-7-6-8-18(19)24(17(2)3)21(25)28;/h5-9,17H,1,10-16H2,2-4H3;1H. The zero-order chi connectivity index (χ0) is 20.3. The summed E-state index contributed by atoms with van der Waals surface area (Å²) in [4.78, 5) is 27.9. The van der Waals surface area contributed by atoms with Gasteiger partial charge in [0.15, 0.2) is 0 Å². The van der Waals surface area contributed by atoms with E-state index in [0.717, 1.165) is 49.3 Å². The lowest BCUT2D eigenvalue weighted by Crippen LogP contribution is -3.00. The largest absolute Gasteiger partial charge is 1.00 e. The van der Waals surface area contributed by atoms with Crippen LogP contribution >= 0.6 is 0 Å². The third-order valence-electron chi connectivity index (χ3n) is 5.69. The number of likely N-dealkylation sites (N-methyl/N-ethyl adjacent to an activating group) is 1. The van der Waals surface area contributed by atoms with Crippen LogP contribution in [0.5, 0.6) is 0 Å². The number of imidazole rings is 1. The number of halogens is 1. The minimum atomic E-state index is -0.357. The highest BCUT2D eigenvalue weighted by Gasteiger charge is 2.27. The number of aromatic nitrogens is 2. The summed E-state index contributed by atoms with van der Waals surface area (Å²) in [5.41, 5.74) is 1.14. The number of carbonyl (C=O) groups excluding carboxylic acids is 1. The van der Waals surface area contributed by atoms with Crippen LogP contribution in [-0.4, -0.2) is 77.4 Å². The Morgan fingerprint density at radius 1 is 1.24 bits per heavy atom. The molecule has 1 aromatic heterocycles. The molecule has 2 heterocycles. The first-order chi connectivity index (χ1) is 13.4. The predicted octanol–water partition coefficient (Wildman–Crippen LogP) is -1.11. The van der Waals surface area contributed by atoms with Gasteiger partial charge in [0.05, 0.1) is 37.7 Å². The summed E-state index contributed by atoms with van der Waals surface area (Å²) in [6, 6.07) is 7.07. The lowest BCUT2D eigenvalue weighted by Gasteiger charge is -2.41. The molecular formula is C21H32IN5O2.